The minimum atomic E-state index is 0.269. The first-order valence-corrected chi connectivity index (χ1v) is 7.97. The lowest BCUT2D eigenvalue weighted by atomic mass is 10.0. The fourth-order valence-electron chi connectivity index (χ4n) is 3.12. The predicted molar refractivity (Wildman–Crippen MR) is 78.9 cm³/mol. The van der Waals surface area contributed by atoms with Crippen molar-refractivity contribution < 1.29 is 0 Å². The molecule has 1 saturated heterocycles. The lowest BCUT2D eigenvalue weighted by molar-refractivity contribution is 0.207. The maximum atomic E-state index is 3.67. The van der Waals surface area contributed by atoms with Crippen molar-refractivity contribution in [2.24, 2.45) is 11.8 Å². The van der Waals surface area contributed by atoms with Crippen LogP contribution in [0.3, 0.4) is 0 Å². The van der Waals surface area contributed by atoms with Crippen molar-refractivity contribution in [3.63, 3.8) is 0 Å². The van der Waals surface area contributed by atoms with Gasteiger partial charge >= 0.3 is 0 Å². The highest BCUT2D eigenvalue weighted by molar-refractivity contribution is 4.87. The van der Waals surface area contributed by atoms with E-state index >= 15 is 0 Å². The minimum Gasteiger partial charge on any atom is -0.312 e. The lowest BCUT2D eigenvalue weighted by Gasteiger charge is -2.28. The molecule has 2 rings (SSSR count). The zero-order valence-electron chi connectivity index (χ0n) is 12.8. The Morgan fingerprint density at radius 3 is 2.44 bits per heavy atom. The first-order chi connectivity index (χ1) is 8.48. The van der Waals surface area contributed by atoms with Crippen LogP contribution in [0, 0.1) is 11.8 Å². The summed E-state index contributed by atoms with van der Waals surface area (Å²) in [5.41, 5.74) is 0.269. The molecule has 1 heterocycles. The second kappa shape index (κ2) is 5.92. The molecule has 18 heavy (non-hydrogen) atoms. The van der Waals surface area contributed by atoms with Crippen LogP contribution in [-0.2, 0) is 0 Å². The van der Waals surface area contributed by atoms with E-state index in [0.29, 0.717) is 0 Å². The van der Waals surface area contributed by atoms with Crippen LogP contribution >= 0.6 is 0 Å². The molecular formula is C16H32N2. The Hall–Kier alpha value is -0.0800. The van der Waals surface area contributed by atoms with Crippen LogP contribution in [0.15, 0.2) is 0 Å². The number of nitrogens with zero attached hydrogens (tertiary/aromatic N) is 1. The summed E-state index contributed by atoms with van der Waals surface area (Å²) in [6, 6.07) is 0.872. The van der Waals surface area contributed by atoms with Gasteiger partial charge < -0.3 is 10.2 Å². The molecule has 2 nitrogen and oxygen atoms in total. The van der Waals surface area contributed by atoms with Gasteiger partial charge in [0.2, 0.25) is 0 Å². The minimum absolute atomic E-state index is 0.269. The van der Waals surface area contributed by atoms with Gasteiger partial charge in [-0.25, -0.2) is 0 Å². The summed E-state index contributed by atoms with van der Waals surface area (Å²) in [5, 5.41) is 3.67. The van der Waals surface area contributed by atoms with Gasteiger partial charge in [-0.1, -0.05) is 19.8 Å². The van der Waals surface area contributed by atoms with Crippen LogP contribution in [0.25, 0.3) is 0 Å². The van der Waals surface area contributed by atoms with Crippen LogP contribution in [0.5, 0.6) is 0 Å². The summed E-state index contributed by atoms with van der Waals surface area (Å²) >= 11 is 0. The fraction of sp³-hybridized carbons (Fsp3) is 1.00. The van der Waals surface area contributed by atoms with E-state index in [0.717, 1.165) is 17.9 Å². The summed E-state index contributed by atoms with van der Waals surface area (Å²) in [6.07, 6.45) is 7.20. The van der Waals surface area contributed by atoms with Gasteiger partial charge in [-0.3, -0.25) is 0 Å². The Morgan fingerprint density at radius 2 is 1.89 bits per heavy atom. The zero-order valence-corrected chi connectivity index (χ0v) is 12.8. The summed E-state index contributed by atoms with van der Waals surface area (Å²) in [6.45, 7) is 13.0. The summed E-state index contributed by atoms with van der Waals surface area (Å²) in [7, 11) is 0. The third kappa shape index (κ3) is 4.55. The maximum absolute atomic E-state index is 3.67. The van der Waals surface area contributed by atoms with Crippen molar-refractivity contribution in [1.82, 2.24) is 10.2 Å². The van der Waals surface area contributed by atoms with Crippen LogP contribution < -0.4 is 5.32 Å². The van der Waals surface area contributed by atoms with Crippen molar-refractivity contribution >= 4 is 0 Å². The van der Waals surface area contributed by atoms with Gasteiger partial charge in [0, 0.05) is 18.1 Å². The number of hydrogen-bond donors (Lipinski definition) is 1. The quantitative estimate of drug-likeness (QED) is 0.780. The molecule has 2 fully saturated rings. The standard InChI is InChI=1S/C16H32N2/c1-5-15(10-13-6-7-13)18-9-8-14(12-18)11-17-16(2,3)4/h13-15,17H,5-12H2,1-4H3. The molecule has 2 aliphatic rings. The summed E-state index contributed by atoms with van der Waals surface area (Å²) in [4.78, 5) is 2.77. The largest absolute Gasteiger partial charge is 0.312 e. The average Bonchev–Trinajstić information content (AvgIpc) is 2.99. The molecule has 2 heteroatoms. The van der Waals surface area contributed by atoms with Gasteiger partial charge in [0.1, 0.15) is 0 Å². The topological polar surface area (TPSA) is 15.3 Å². The fourth-order valence-corrected chi connectivity index (χ4v) is 3.12. The van der Waals surface area contributed by atoms with Gasteiger partial charge in [-0.15, -0.1) is 0 Å². The van der Waals surface area contributed by atoms with E-state index in [9.17, 15) is 0 Å². The highest BCUT2D eigenvalue weighted by Crippen LogP contribution is 2.36. The van der Waals surface area contributed by atoms with Gasteiger partial charge in [0.05, 0.1) is 0 Å². The van der Waals surface area contributed by atoms with E-state index in [-0.39, 0.29) is 5.54 Å². The molecule has 2 unspecified atom stereocenters. The van der Waals surface area contributed by atoms with Crippen molar-refractivity contribution in [3.8, 4) is 0 Å². The van der Waals surface area contributed by atoms with E-state index in [1.54, 1.807) is 0 Å². The molecule has 0 bridgehead atoms. The molecule has 1 N–H and O–H groups in total. The third-order valence-electron chi connectivity index (χ3n) is 4.53. The monoisotopic (exact) mass is 252 g/mol. The SMILES string of the molecule is CCC(CC1CC1)N1CCC(CNC(C)(C)C)C1. The van der Waals surface area contributed by atoms with Crippen molar-refractivity contribution in [2.75, 3.05) is 19.6 Å². The van der Waals surface area contributed by atoms with Crippen LogP contribution in [0.2, 0.25) is 0 Å². The Balaban J connectivity index is 1.72. The maximum Gasteiger partial charge on any atom is 0.00966 e. The van der Waals surface area contributed by atoms with E-state index in [2.05, 4.69) is 37.9 Å². The number of likely N-dealkylation sites (tertiary alicyclic amines) is 1. The Morgan fingerprint density at radius 1 is 1.17 bits per heavy atom. The molecule has 0 radical (unpaired) electrons. The van der Waals surface area contributed by atoms with Crippen molar-refractivity contribution in [1.29, 1.82) is 0 Å². The number of hydrogen-bond acceptors (Lipinski definition) is 2. The molecule has 0 aromatic carbocycles. The molecule has 106 valence electrons. The van der Waals surface area contributed by atoms with Gasteiger partial charge in [-0.2, -0.15) is 0 Å². The van der Waals surface area contributed by atoms with Gasteiger partial charge in [0.15, 0.2) is 0 Å². The van der Waals surface area contributed by atoms with E-state index in [1.807, 2.05) is 0 Å². The molecule has 1 aliphatic carbocycles. The van der Waals surface area contributed by atoms with Gasteiger partial charge in [0.25, 0.3) is 0 Å². The molecule has 0 amide bonds. The highest BCUT2D eigenvalue weighted by Gasteiger charge is 2.32. The first-order valence-electron chi connectivity index (χ1n) is 7.97. The second-order valence-electron chi connectivity index (χ2n) is 7.52. The molecule has 0 aromatic rings. The molecule has 0 spiro atoms. The normalized spacial score (nSPS) is 27.7. The highest BCUT2D eigenvalue weighted by atomic mass is 15.2. The van der Waals surface area contributed by atoms with Crippen molar-refractivity contribution in [2.45, 2.75) is 71.4 Å². The van der Waals surface area contributed by atoms with E-state index in [1.165, 1.54) is 51.7 Å². The Kier molecular flexibility index (Phi) is 4.71. The van der Waals surface area contributed by atoms with Crippen LogP contribution in [-0.4, -0.2) is 36.1 Å². The Labute approximate surface area is 114 Å². The molecular weight excluding hydrogens is 220 g/mol. The van der Waals surface area contributed by atoms with Gasteiger partial charge in [-0.05, 0) is 65.0 Å². The average molecular weight is 252 g/mol. The molecule has 2 atom stereocenters. The lowest BCUT2D eigenvalue weighted by Crippen LogP contribution is -2.40. The summed E-state index contributed by atoms with van der Waals surface area (Å²) in [5.74, 6) is 1.94. The molecule has 0 aromatic heterocycles. The van der Waals surface area contributed by atoms with Crippen LogP contribution in [0.1, 0.15) is 59.8 Å². The third-order valence-corrected chi connectivity index (χ3v) is 4.53. The van der Waals surface area contributed by atoms with E-state index < -0.39 is 0 Å². The Bertz CT molecular complexity index is 252. The summed E-state index contributed by atoms with van der Waals surface area (Å²) < 4.78 is 0. The smallest absolute Gasteiger partial charge is 0.00966 e. The van der Waals surface area contributed by atoms with Crippen molar-refractivity contribution in [3.05, 3.63) is 0 Å². The second-order valence-corrected chi connectivity index (χ2v) is 7.52. The molecule has 1 saturated carbocycles. The van der Waals surface area contributed by atoms with E-state index in [4.69, 9.17) is 0 Å². The number of rotatable bonds is 6. The van der Waals surface area contributed by atoms with Crippen LogP contribution in [0.4, 0.5) is 0 Å². The molecule has 1 aliphatic heterocycles. The number of nitrogens with one attached hydrogen (secondary N) is 1. The predicted octanol–water partition coefficient (Wildman–Crippen LogP) is 3.28. The first kappa shape index (κ1) is 14.3. The zero-order chi connectivity index (χ0) is 13.2.